The van der Waals surface area contributed by atoms with Crippen molar-refractivity contribution in [3.63, 3.8) is 0 Å². The van der Waals surface area contributed by atoms with Crippen LogP contribution >= 0.6 is 0 Å². The number of nitrogens with zero attached hydrogens (tertiary/aromatic N) is 5. The number of amides is 1. The second-order valence-electron chi connectivity index (χ2n) is 6.98. The molecule has 28 heavy (non-hydrogen) atoms. The van der Waals surface area contributed by atoms with E-state index in [0.29, 0.717) is 17.8 Å². The van der Waals surface area contributed by atoms with Gasteiger partial charge in [0.1, 0.15) is 17.9 Å². The maximum Gasteiger partial charge on any atom is 0.291 e. The van der Waals surface area contributed by atoms with E-state index in [-0.39, 0.29) is 24.1 Å². The van der Waals surface area contributed by atoms with Gasteiger partial charge in [-0.3, -0.25) is 18.7 Å². The fraction of sp³-hybridized carbons (Fsp3) is 0.300. The maximum atomic E-state index is 12.9. The van der Waals surface area contributed by atoms with Gasteiger partial charge in [0, 0.05) is 30.1 Å². The highest BCUT2D eigenvalue weighted by Gasteiger charge is 2.15. The van der Waals surface area contributed by atoms with Gasteiger partial charge >= 0.3 is 0 Å². The van der Waals surface area contributed by atoms with Crippen molar-refractivity contribution in [2.45, 2.75) is 39.8 Å². The molecular formula is C20H22N6O2. The Morgan fingerprint density at radius 2 is 1.93 bits per heavy atom. The lowest BCUT2D eigenvalue weighted by atomic mass is 10.2. The second-order valence-corrected chi connectivity index (χ2v) is 6.98. The molecule has 1 aromatic carbocycles. The Morgan fingerprint density at radius 3 is 2.64 bits per heavy atom. The van der Waals surface area contributed by atoms with Crippen molar-refractivity contribution >= 4 is 28.1 Å². The lowest BCUT2D eigenvalue weighted by Gasteiger charge is -2.10. The Morgan fingerprint density at radius 1 is 1.14 bits per heavy atom. The molecule has 0 saturated carbocycles. The topological polar surface area (TPSA) is 86.2 Å². The van der Waals surface area contributed by atoms with Gasteiger partial charge in [-0.15, -0.1) is 0 Å². The van der Waals surface area contributed by atoms with E-state index in [9.17, 15) is 9.59 Å². The van der Waals surface area contributed by atoms with Gasteiger partial charge in [-0.25, -0.2) is 4.68 Å². The molecule has 4 aromatic rings. The number of aromatic nitrogens is 5. The minimum absolute atomic E-state index is 0.168. The number of carbonyl (C=O) groups excluding carboxylic acids is 1. The molecule has 3 aromatic heterocycles. The lowest BCUT2D eigenvalue weighted by Crippen LogP contribution is -2.32. The SMILES string of the molecule is CCc1nn(CC(=O)Nc2ccn(C(C)C)n2)c(=O)c2cc3ccccc3n12. The fourth-order valence-electron chi connectivity index (χ4n) is 3.30. The summed E-state index contributed by atoms with van der Waals surface area (Å²) < 4.78 is 4.85. The van der Waals surface area contributed by atoms with Crippen molar-refractivity contribution in [3.8, 4) is 0 Å². The quantitative estimate of drug-likeness (QED) is 0.578. The Balaban J connectivity index is 1.68. The van der Waals surface area contributed by atoms with Crippen molar-refractivity contribution in [1.29, 1.82) is 0 Å². The largest absolute Gasteiger partial charge is 0.308 e. The maximum absolute atomic E-state index is 12.9. The Hall–Kier alpha value is -3.42. The summed E-state index contributed by atoms with van der Waals surface area (Å²) in [5, 5.41) is 12.4. The van der Waals surface area contributed by atoms with Crippen LogP contribution in [-0.4, -0.2) is 29.9 Å². The summed E-state index contributed by atoms with van der Waals surface area (Å²) >= 11 is 0. The number of hydrogen-bond acceptors (Lipinski definition) is 4. The molecule has 4 rings (SSSR count). The Bertz CT molecular complexity index is 1230. The van der Waals surface area contributed by atoms with E-state index < -0.39 is 0 Å². The number of nitrogens with one attached hydrogen (secondary N) is 1. The van der Waals surface area contributed by atoms with E-state index in [1.165, 1.54) is 4.68 Å². The summed E-state index contributed by atoms with van der Waals surface area (Å²) in [4.78, 5) is 25.4. The highest BCUT2D eigenvalue weighted by atomic mass is 16.2. The van der Waals surface area contributed by atoms with Crippen LogP contribution in [0.2, 0.25) is 0 Å². The number of benzene rings is 1. The van der Waals surface area contributed by atoms with Crippen molar-refractivity contribution in [3.05, 3.63) is 58.8 Å². The monoisotopic (exact) mass is 378 g/mol. The van der Waals surface area contributed by atoms with Crippen molar-refractivity contribution < 1.29 is 4.79 Å². The van der Waals surface area contributed by atoms with Crippen LogP contribution in [0.4, 0.5) is 5.82 Å². The first-order valence-corrected chi connectivity index (χ1v) is 9.33. The summed E-state index contributed by atoms with van der Waals surface area (Å²) in [7, 11) is 0. The predicted molar refractivity (Wildman–Crippen MR) is 108 cm³/mol. The van der Waals surface area contributed by atoms with Crippen LogP contribution in [-0.2, 0) is 17.8 Å². The van der Waals surface area contributed by atoms with Crippen LogP contribution in [0.25, 0.3) is 16.4 Å². The normalized spacial score (nSPS) is 11.6. The molecule has 1 amide bonds. The van der Waals surface area contributed by atoms with E-state index >= 15 is 0 Å². The second kappa shape index (κ2) is 6.95. The smallest absolute Gasteiger partial charge is 0.291 e. The van der Waals surface area contributed by atoms with Crippen LogP contribution in [0, 0.1) is 0 Å². The van der Waals surface area contributed by atoms with Crippen LogP contribution < -0.4 is 10.9 Å². The first kappa shape index (κ1) is 18.0. The standard InChI is InChI=1S/C20H22N6O2/c1-4-18-23-25(12-19(27)21-17-9-10-24(22-17)13(2)3)20(28)16-11-14-7-5-6-8-15(14)26(16)18/h5-11,13H,4,12H2,1-3H3,(H,21,22,27). The zero-order chi connectivity index (χ0) is 19.8. The molecule has 0 spiro atoms. The average molecular weight is 378 g/mol. The van der Waals surface area contributed by atoms with Gasteiger partial charge in [-0.1, -0.05) is 25.1 Å². The molecular weight excluding hydrogens is 356 g/mol. The van der Waals surface area contributed by atoms with Crippen LogP contribution in [0.3, 0.4) is 0 Å². The third kappa shape index (κ3) is 3.06. The number of fused-ring (bicyclic) bond motifs is 3. The summed E-state index contributed by atoms with van der Waals surface area (Å²) in [6.45, 7) is 5.82. The Kier molecular flexibility index (Phi) is 4.46. The van der Waals surface area contributed by atoms with Gasteiger partial charge in [0.2, 0.25) is 5.91 Å². The van der Waals surface area contributed by atoms with E-state index in [1.807, 2.05) is 55.5 Å². The number of anilines is 1. The zero-order valence-corrected chi connectivity index (χ0v) is 16.1. The zero-order valence-electron chi connectivity index (χ0n) is 16.1. The molecule has 0 aliphatic rings. The van der Waals surface area contributed by atoms with Crippen LogP contribution in [0.1, 0.15) is 32.6 Å². The summed E-state index contributed by atoms with van der Waals surface area (Å²) in [5.74, 6) is 0.843. The molecule has 8 nitrogen and oxygen atoms in total. The number of para-hydroxylation sites is 1. The molecule has 0 aliphatic carbocycles. The molecule has 0 atom stereocenters. The molecule has 0 saturated heterocycles. The van der Waals surface area contributed by atoms with Crippen molar-refractivity contribution in [1.82, 2.24) is 24.0 Å². The number of carbonyl (C=O) groups is 1. The van der Waals surface area contributed by atoms with Crippen molar-refractivity contribution in [2.75, 3.05) is 5.32 Å². The van der Waals surface area contributed by atoms with Crippen LogP contribution in [0.5, 0.6) is 0 Å². The molecule has 144 valence electrons. The molecule has 0 aliphatic heterocycles. The van der Waals surface area contributed by atoms with Crippen LogP contribution in [0.15, 0.2) is 47.4 Å². The van der Waals surface area contributed by atoms with Gasteiger partial charge in [-0.2, -0.15) is 10.2 Å². The summed E-state index contributed by atoms with van der Waals surface area (Å²) in [6, 6.07) is 11.6. The third-order valence-corrected chi connectivity index (χ3v) is 4.67. The van der Waals surface area contributed by atoms with Gasteiger partial charge in [-0.05, 0) is 26.0 Å². The first-order valence-electron chi connectivity index (χ1n) is 9.33. The molecule has 0 radical (unpaired) electrons. The minimum atomic E-state index is -0.342. The molecule has 8 heteroatoms. The molecule has 0 bridgehead atoms. The lowest BCUT2D eigenvalue weighted by molar-refractivity contribution is -0.117. The highest BCUT2D eigenvalue weighted by Crippen LogP contribution is 2.19. The van der Waals surface area contributed by atoms with Gasteiger partial charge in [0.25, 0.3) is 5.56 Å². The van der Waals surface area contributed by atoms with E-state index in [2.05, 4.69) is 15.5 Å². The minimum Gasteiger partial charge on any atom is -0.308 e. The summed E-state index contributed by atoms with van der Waals surface area (Å²) in [5.41, 5.74) is 1.16. The summed E-state index contributed by atoms with van der Waals surface area (Å²) in [6.07, 6.45) is 2.44. The number of rotatable bonds is 5. The van der Waals surface area contributed by atoms with Gasteiger partial charge < -0.3 is 5.32 Å². The molecule has 0 unspecified atom stereocenters. The number of aryl methyl sites for hydroxylation is 1. The van der Waals surface area contributed by atoms with Gasteiger partial charge in [0.15, 0.2) is 5.82 Å². The Labute approximate surface area is 161 Å². The molecule has 1 N–H and O–H groups in total. The third-order valence-electron chi connectivity index (χ3n) is 4.67. The first-order chi connectivity index (χ1) is 13.5. The average Bonchev–Trinajstić information content (AvgIpc) is 3.29. The molecule has 0 fully saturated rings. The fourth-order valence-corrected chi connectivity index (χ4v) is 3.30. The van der Waals surface area contributed by atoms with E-state index in [1.54, 1.807) is 16.9 Å². The van der Waals surface area contributed by atoms with Crippen molar-refractivity contribution in [2.24, 2.45) is 0 Å². The van der Waals surface area contributed by atoms with E-state index in [4.69, 9.17) is 0 Å². The van der Waals surface area contributed by atoms with Gasteiger partial charge in [0.05, 0.1) is 5.52 Å². The van der Waals surface area contributed by atoms with E-state index in [0.717, 1.165) is 16.7 Å². The number of hydrogen-bond donors (Lipinski definition) is 1. The predicted octanol–water partition coefficient (Wildman–Crippen LogP) is 2.63. The molecule has 3 heterocycles. The highest BCUT2D eigenvalue weighted by molar-refractivity contribution is 5.90.